The Balaban J connectivity index is 1.99. The lowest BCUT2D eigenvalue weighted by molar-refractivity contribution is -0.115. The van der Waals surface area contributed by atoms with Gasteiger partial charge in [0.1, 0.15) is 11.6 Å². The Morgan fingerprint density at radius 2 is 2.19 bits per heavy atom. The van der Waals surface area contributed by atoms with E-state index in [9.17, 15) is 9.18 Å². The van der Waals surface area contributed by atoms with Gasteiger partial charge in [0.2, 0.25) is 0 Å². The van der Waals surface area contributed by atoms with Crippen LogP contribution in [0.4, 0.5) is 10.1 Å². The SMILES string of the molecule is COc1cc(N2CC3=C(C2=O)C(C)CCC3)c(F)cc1Cl. The maximum Gasteiger partial charge on any atom is 0.254 e. The van der Waals surface area contributed by atoms with Crippen molar-refractivity contribution >= 4 is 23.2 Å². The normalized spacial score (nSPS) is 21.8. The molecule has 1 atom stereocenters. The number of rotatable bonds is 2. The van der Waals surface area contributed by atoms with E-state index >= 15 is 0 Å². The summed E-state index contributed by atoms with van der Waals surface area (Å²) in [7, 11) is 1.47. The van der Waals surface area contributed by atoms with Crippen molar-refractivity contribution in [1.29, 1.82) is 0 Å². The molecule has 21 heavy (non-hydrogen) atoms. The maximum absolute atomic E-state index is 14.2. The molecule has 1 amide bonds. The summed E-state index contributed by atoms with van der Waals surface area (Å²) in [5.41, 5.74) is 2.25. The van der Waals surface area contributed by atoms with E-state index in [0.29, 0.717) is 12.3 Å². The van der Waals surface area contributed by atoms with Crippen molar-refractivity contribution in [2.45, 2.75) is 26.2 Å². The van der Waals surface area contributed by atoms with Gasteiger partial charge in [-0.3, -0.25) is 4.79 Å². The summed E-state index contributed by atoms with van der Waals surface area (Å²) in [6, 6.07) is 2.70. The molecule has 3 nitrogen and oxygen atoms in total. The molecule has 1 unspecified atom stereocenters. The lowest BCUT2D eigenvalue weighted by Gasteiger charge is -2.20. The van der Waals surface area contributed by atoms with Gasteiger partial charge in [-0.15, -0.1) is 0 Å². The van der Waals surface area contributed by atoms with E-state index in [0.717, 1.165) is 30.4 Å². The quantitative estimate of drug-likeness (QED) is 0.828. The van der Waals surface area contributed by atoms with Gasteiger partial charge in [-0.2, -0.15) is 0 Å². The zero-order chi connectivity index (χ0) is 15.1. The third-order valence-corrected chi connectivity index (χ3v) is 4.62. The van der Waals surface area contributed by atoms with E-state index in [1.54, 1.807) is 0 Å². The number of benzene rings is 1. The molecule has 1 aromatic carbocycles. The Morgan fingerprint density at radius 3 is 2.86 bits per heavy atom. The largest absolute Gasteiger partial charge is 0.495 e. The molecule has 0 N–H and O–H groups in total. The van der Waals surface area contributed by atoms with Gasteiger partial charge in [0.25, 0.3) is 5.91 Å². The van der Waals surface area contributed by atoms with E-state index in [4.69, 9.17) is 16.3 Å². The predicted octanol–water partition coefficient (Wildman–Crippen LogP) is 3.95. The second kappa shape index (κ2) is 5.34. The van der Waals surface area contributed by atoms with Gasteiger partial charge in [-0.05, 0) is 36.8 Å². The highest BCUT2D eigenvalue weighted by molar-refractivity contribution is 6.32. The molecule has 0 aromatic heterocycles. The highest BCUT2D eigenvalue weighted by atomic mass is 35.5. The summed E-state index contributed by atoms with van der Waals surface area (Å²) in [5.74, 6) is 0.0458. The third kappa shape index (κ3) is 2.31. The Kier molecular flexibility index (Phi) is 3.66. The van der Waals surface area contributed by atoms with Crippen LogP contribution in [-0.2, 0) is 4.79 Å². The van der Waals surface area contributed by atoms with Gasteiger partial charge in [0.15, 0.2) is 0 Å². The van der Waals surface area contributed by atoms with E-state index < -0.39 is 5.82 Å². The highest BCUT2D eigenvalue weighted by Crippen LogP contribution is 2.40. The number of hydrogen-bond acceptors (Lipinski definition) is 2. The first kappa shape index (κ1) is 14.4. The minimum Gasteiger partial charge on any atom is -0.495 e. The fraction of sp³-hybridized carbons (Fsp3) is 0.438. The van der Waals surface area contributed by atoms with Crippen LogP contribution >= 0.6 is 11.6 Å². The Morgan fingerprint density at radius 1 is 1.43 bits per heavy atom. The molecular formula is C16H17ClFNO2. The van der Waals surface area contributed by atoms with Gasteiger partial charge < -0.3 is 9.64 Å². The first-order valence-corrected chi connectivity index (χ1v) is 7.47. The van der Waals surface area contributed by atoms with Crippen molar-refractivity contribution in [3.05, 3.63) is 34.1 Å². The second-order valence-corrected chi connectivity index (χ2v) is 6.05. The lowest BCUT2D eigenvalue weighted by atomic mass is 9.85. The van der Waals surface area contributed by atoms with Crippen LogP contribution in [0.25, 0.3) is 0 Å². The Hall–Kier alpha value is -1.55. The summed E-state index contributed by atoms with van der Waals surface area (Å²) in [5, 5.41) is 0.205. The molecular weight excluding hydrogens is 293 g/mol. The van der Waals surface area contributed by atoms with Crippen LogP contribution in [0.15, 0.2) is 23.3 Å². The molecule has 1 aliphatic heterocycles. The minimum absolute atomic E-state index is 0.0829. The van der Waals surface area contributed by atoms with E-state index in [-0.39, 0.29) is 22.5 Å². The summed E-state index contributed by atoms with van der Waals surface area (Å²) >= 11 is 5.91. The maximum atomic E-state index is 14.2. The number of halogens is 2. The zero-order valence-electron chi connectivity index (χ0n) is 12.1. The van der Waals surface area contributed by atoms with Crippen LogP contribution in [-0.4, -0.2) is 19.6 Å². The van der Waals surface area contributed by atoms with Crippen LogP contribution in [0.1, 0.15) is 26.2 Å². The smallest absolute Gasteiger partial charge is 0.254 e. The number of hydrogen-bond donors (Lipinski definition) is 0. The molecule has 0 radical (unpaired) electrons. The van der Waals surface area contributed by atoms with Crippen molar-refractivity contribution in [2.24, 2.45) is 5.92 Å². The standard InChI is InChI=1S/C16H17ClFNO2/c1-9-4-3-5-10-8-19(16(20)15(9)10)13-7-14(21-2)11(17)6-12(13)18/h6-7,9H,3-5,8H2,1-2H3. The summed E-state index contributed by atoms with van der Waals surface area (Å²) < 4.78 is 19.3. The Bertz CT molecular complexity index is 641. The number of nitrogens with zero attached hydrogens (tertiary/aromatic N) is 1. The second-order valence-electron chi connectivity index (χ2n) is 5.64. The summed E-state index contributed by atoms with van der Waals surface area (Å²) in [6.07, 6.45) is 3.03. The number of amides is 1. The highest BCUT2D eigenvalue weighted by Gasteiger charge is 2.37. The van der Waals surface area contributed by atoms with Gasteiger partial charge in [-0.25, -0.2) is 4.39 Å². The minimum atomic E-state index is -0.498. The molecule has 0 saturated carbocycles. The lowest BCUT2D eigenvalue weighted by Crippen LogP contribution is -2.28. The fourth-order valence-electron chi connectivity index (χ4n) is 3.26. The van der Waals surface area contributed by atoms with Crippen LogP contribution in [0.5, 0.6) is 5.75 Å². The molecule has 2 aliphatic rings. The van der Waals surface area contributed by atoms with Crippen molar-refractivity contribution < 1.29 is 13.9 Å². The van der Waals surface area contributed by atoms with Crippen LogP contribution in [0.2, 0.25) is 5.02 Å². The van der Waals surface area contributed by atoms with Crippen molar-refractivity contribution in [3.8, 4) is 5.75 Å². The van der Waals surface area contributed by atoms with Crippen LogP contribution < -0.4 is 9.64 Å². The zero-order valence-corrected chi connectivity index (χ0v) is 12.8. The molecule has 1 aromatic rings. The molecule has 5 heteroatoms. The topological polar surface area (TPSA) is 29.5 Å². The number of ether oxygens (including phenoxy) is 1. The molecule has 0 saturated heterocycles. The molecule has 1 heterocycles. The fourth-order valence-corrected chi connectivity index (χ4v) is 3.49. The van der Waals surface area contributed by atoms with Gasteiger partial charge >= 0.3 is 0 Å². The number of carbonyl (C=O) groups is 1. The van der Waals surface area contributed by atoms with Crippen molar-refractivity contribution in [2.75, 3.05) is 18.6 Å². The van der Waals surface area contributed by atoms with E-state index in [2.05, 4.69) is 6.92 Å². The molecule has 0 spiro atoms. The first-order chi connectivity index (χ1) is 10.0. The van der Waals surface area contributed by atoms with Gasteiger partial charge in [0, 0.05) is 18.2 Å². The van der Waals surface area contributed by atoms with E-state index in [1.165, 1.54) is 24.1 Å². The van der Waals surface area contributed by atoms with Crippen LogP contribution in [0, 0.1) is 11.7 Å². The molecule has 112 valence electrons. The average molecular weight is 310 g/mol. The van der Waals surface area contributed by atoms with Crippen molar-refractivity contribution in [3.63, 3.8) is 0 Å². The third-order valence-electron chi connectivity index (χ3n) is 4.33. The van der Waals surface area contributed by atoms with Gasteiger partial charge in [-0.1, -0.05) is 18.5 Å². The molecule has 0 bridgehead atoms. The van der Waals surface area contributed by atoms with E-state index in [1.807, 2.05) is 0 Å². The number of anilines is 1. The monoisotopic (exact) mass is 309 g/mol. The predicted molar refractivity (Wildman–Crippen MR) is 80.4 cm³/mol. The average Bonchev–Trinajstić information content (AvgIpc) is 2.78. The van der Waals surface area contributed by atoms with Crippen molar-refractivity contribution in [1.82, 2.24) is 0 Å². The molecule has 0 fully saturated rings. The Labute approximate surface area is 128 Å². The first-order valence-electron chi connectivity index (χ1n) is 7.09. The summed E-state index contributed by atoms with van der Waals surface area (Å²) in [6.45, 7) is 2.54. The summed E-state index contributed by atoms with van der Waals surface area (Å²) in [4.78, 5) is 14.1. The number of carbonyl (C=O) groups excluding carboxylic acids is 1. The molecule has 3 rings (SSSR count). The molecule has 1 aliphatic carbocycles. The van der Waals surface area contributed by atoms with Gasteiger partial charge in [0.05, 0.1) is 17.8 Å². The van der Waals surface area contributed by atoms with Crippen LogP contribution in [0.3, 0.4) is 0 Å². The number of methoxy groups -OCH3 is 1.